The van der Waals surface area contributed by atoms with Crippen molar-refractivity contribution in [3.8, 4) is 11.3 Å². The fourth-order valence-electron chi connectivity index (χ4n) is 4.04. The summed E-state index contributed by atoms with van der Waals surface area (Å²) in [5, 5.41) is 6.89. The predicted octanol–water partition coefficient (Wildman–Crippen LogP) is 6.44. The maximum Gasteiger partial charge on any atom is 0.223 e. The van der Waals surface area contributed by atoms with Crippen LogP contribution in [0.3, 0.4) is 0 Å². The van der Waals surface area contributed by atoms with Gasteiger partial charge in [0.2, 0.25) is 5.95 Å². The van der Waals surface area contributed by atoms with E-state index in [0.29, 0.717) is 5.95 Å². The van der Waals surface area contributed by atoms with Crippen LogP contribution < -0.4 is 10.6 Å². The van der Waals surface area contributed by atoms with Gasteiger partial charge in [-0.25, -0.2) is 9.97 Å². The molecule has 0 fully saturated rings. The number of rotatable bonds is 6. The topological polar surface area (TPSA) is 49.8 Å². The van der Waals surface area contributed by atoms with Crippen LogP contribution >= 0.6 is 0 Å². The van der Waals surface area contributed by atoms with Crippen molar-refractivity contribution in [2.45, 2.75) is 62.3 Å². The second-order valence-electron chi connectivity index (χ2n) is 8.76. The van der Waals surface area contributed by atoms with Gasteiger partial charge in [0.15, 0.2) is 0 Å². The molecule has 0 aliphatic rings. The highest BCUT2D eigenvalue weighted by Crippen LogP contribution is 2.35. The Hall–Kier alpha value is -2.88. The van der Waals surface area contributed by atoms with Crippen LogP contribution in [0, 0.1) is 62.3 Å². The lowest BCUT2D eigenvalue weighted by molar-refractivity contribution is 0.997. The van der Waals surface area contributed by atoms with Crippen LogP contribution in [0.25, 0.3) is 11.3 Å². The smallest absolute Gasteiger partial charge is 0.223 e. The quantitative estimate of drug-likeness (QED) is 0.454. The van der Waals surface area contributed by atoms with Gasteiger partial charge >= 0.3 is 0 Å². The van der Waals surface area contributed by atoms with E-state index in [9.17, 15) is 0 Å². The van der Waals surface area contributed by atoms with E-state index < -0.39 is 0 Å². The molecule has 0 unspecified atom stereocenters. The zero-order valence-electron chi connectivity index (χ0n) is 20.5. The van der Waals surface area contributed by atoms with E-state index >= 15 is 0 Å². The summed E-state index contributed by atoms with van der Waals surface area (Å²) in [6.07, 6.45) is 0. The fraction of sp³-hybridized carbons (Fsp3) is 0.407. The predicted molar refractivity (Wildman–Crippen MR) is 134 cm³/mol. The second kappa shape index (κ2) is 9.09. The van der Waals surface area contributed by atoms with Crippen LogP contribution in [0.4, 0.5) is 11.6 Å². The van der Waals surface area contributed by atoms with Gasteiger partial charge in [0.25, 0.3) is 0 Å². The van der Waals surface area contributed by atoms with E-state index in [1.54, 1.807) is 0 Å². The van der Waals surface area contributed by atoms with Gasteiger partial charge in [-0.1, -0.05) is 6.07 Å². The lowest BCUT2D eigenvalue weighted by Gasteiger charge is -2.20. The maximum atomic E-state index is 4.96. The zero-order valence-corrected chi connectivity index (χ0v) is 20.5. The molecular formula is C27H36N4. The van der Waals surface area contributed by atoms with Crippen molar-refractivity contribution in [2.24, 2.45) is 0 Å². The molecule has 164 valence electrons. The number of nitrogens with zero attached hydrogens (tertiary/aromatic N) is 2. The van der Waals surface area contributed by atoms with E-state index in [1.807, 2.05) is 0 Å². The SMILES string of the molecule is Cc1ccc(NCCNc2nc(C)c(C)c(-c3c(C)c(C)c(C)c(C)c3C)n2)cc1C. The molecule has 0 spiro atoms. The fourth-order valence-corrected chi connectivity index (χ4v) is 4.04. The van der Waals surface area contributed by atoms with E-state index in [1.165, 1.54) is 44.5 Å². The summed E-state index contributed by atoms with van der Waals surface area (Å²) in [5.74, 6) is 0.690. The number of hydrogen-bond acceptors (Lipinski definition) is 4. The normalized spacial score (nSPS) is 11.0. The lowest BCUT2D eigenvalue weighted by Crippen LogP contribution is -2.16. The average molecular weight is 417 g/mol. The highest BCUT2D eigenvalue weighted by atomic mass is 15.1. The Morgan fingerprint density at radius 1 is 0.613 bits per heavy atom. The van der Waals surface area contributed by atoms with Crippen molar-refractivity contribution >= 4 is 11.6 Å². The van der Waals surface area contributed by atoms with Crippen molar-refractivity contribution in [3.63, 3.8) is 0 Å². The summed E-state index contributed by atoms with van der Waals surface area (Å²) < 4.78 is 0. The van der Waals surface area contributed by atoms with Crippen LogP contribution in [0.15, 0.2) is 18.2 Å². The first-order valence-corrected chi connectivity index (χ1v) is 11.1. The number of nitrogens with one attached hydrogen (secondary N) is 2. The monoisotopic (exact) mass is 416 g/mol. The number of anilines is 2. The number of aromatic nitrogens is 2. The molecule has 0 aliphatic heterocycles. The van der Waals surface area contributed by atoms with Gasteiger partial charge in [0.05, 0.1) is 5.69 Å². The molecule has 3 aromatic rings. The van der Waals surface area contributed by atoms with Crippen LogP contribution in [0.2, 0.25) is 0 Å². The van der Waals surface area contributed by atoms with E-state index in [0.717, 1.165) is 35.7 Å². The Bertz CT molecular complexity index is 1100. The molecule has 1 heterocycles. The third-order valence-corrected chi connectivity index (χ3v) is 6.87. The molecule has 0 bridgehead atoms. The Morgan fingerprint density at radius 2 is 1.19 bits per heavy atom. The summed E-state index contributed by atoms with van der Waals surface area (Å²) in [4.78, 5) is 9.66. The molecule has 0 radical (unpaired) electrons. The molecule has 2 aromatic carbocycles. The number of benzene rings is 2. The summed E-state index contributed by atoms with van der Waals surface area (Å²) in [5.41, 5.74) is 14.9. The van der Waals surface area contributed by atoms with Crippen molar-refractivity contribution in [2.75, 3.05) is 23.7 Å². The Labute approximate surface area is 187 Å². The first kappa shape index (κ1) is 22.8. The van der Waals surface area contributed by atoms with Gasteiger partial charge in [-0.15, -0.1) is 0 Å². The number of hydrogen-bond donors (Lipinski definition) is 2. The van der Waals surface area contributed by atoms with Gasteiger partial charge in [0, 0.05) is 30.0 Å². The molecule has 0 amide bonds. The summed E-state index contributed by atoms with van der Waals surface area (Å²) in [6.45, 7) is 21.1. The molecule has 0 atom stereocenters. The first-order chi connectivity index (χ1) is 14.6. The molecule has 0 aliphatic carbocycles. The largest absolute Gasteiger partial charge is 0.383 e. The van der Waals surface area contributed by atoms with Crippen molar-refractivity contribution in [1.82, 2.24) is 9.97 Å². The summed E-state index contributed by atoms with van der Waals surface area (Å²) in [7, 11) is 0. The van der Waals surface area contributed by atoms with Gasteiger partial charge in [0.1, 0.15) is 0 Å². The molecule has 0 saturated heterocycles. The maximum absolute atomic E-state index is 4.96. The molecule has 31 heavy (non-hydrogen) atoms. The van der Waals surface area contributed by atoms with Crippen molar-refractivity contribution in [3.05, 3.63) is 68.4 Å². The van der Waals surface area contributed by atoms with Gasteiger partial charge in [-0.3, -0.25) is 0 Å². The highest BCUT2D eigenvalue weighted by molar-refractivity contribution is 5.75. The van der Waals surface area contributed by atoms with E-state index in [-0.39, 0.29) is 0 Å². The van der Waals surface area contributed by atoms with E-state index in [4.69, 9.17) is 9.97 Å². The van der Waals surface area contributed by atoms with Crippen LogP contribution in [0.5, 0.6) is 0 Å². The molecular weight excluding hydrogens is 380 g/mol. The van der Waals surface area contributed by atoms with Crippen LogP contribution in [-0.4, -0.2) is 23.1 Å². The first-order valence-electron chi connectivity index (χ1n) is 11.1. The molecule has 3 rings (SSSR count). The zero-order chi connectivity index (χ0) is 22.9. The minimum absolute atomic E-state index is 0.690. The van der Waals surface area contributed by atoms with Gasteiger partial charge in [-0.05, 0) is 119 Å². The Morgan fingerprint density at radius 3 is 1.81 bits per heavy atom. The highest BCUT2D eigenvalue weighted by Gasteiger charge is 2.18. The average Bonchev–Trinajstić information content (AvgIpc) is 2.74. The Balaban J connectivity index is 1.83. The van der Waals surface area contributed by atoms with Gasteiger partial charge in [-0.2, -0.15) is 0 Å². The molecule has 1 aromatic heterocycles. The minimum Gasteiger partial charge on any atom is -0.383 e. The molecule has 4 heteroatoms. The van der Waals surface area contributed by atoms with Crippen LogP contribution in [0.1, 0.15) is 50.2 Å². The van der Waals surface area contributed by atoms with Crippen LogP contribution in [-0.2, 0) is 0 Å². The van der Waals surface area contributed by atoms with Crippen molar-refractivity contribution < 1.29 is 0 Å². The molecule has 4 nitrogen and oxygen atoms in total. The Kier molecular flexibility index (Phi) is 6.68. The molecule has 2 N–H and O–H groups in total. The summed E-state index contributed by atoms with van der Waals surface area (Å²) in [6, 6.07) is 6.47. The van der Waals surface area contributed by atoms with Crippen molar-refractivity contribution in [1.29, 1.82) is 0 Å². The minimum atomic E-state index is 0.690. The van der Waals surface area contributed by atoms with Gasteiger partial charge < -0.3 is 10.6 Å². The third-order valence-electron chi connectivity index (χ3n) is 6.87. The second-order valence-corrected chi connectivity index (χ2v) is 8.76. The van der Waals surface area contributed by atoms with E-state index in [2.05, 4.69) is 91.1 Å². The third kappa shape index (κ3) is 4.58. The summed E-state index contributed by atoms with van der Waals surface area (Å²) >= 11 is 0. The standard InChI is InChI=1S/C27H36N4/c1-15-10-11-24(14-16(15)2)28-12-13-29-27-30-23(9)22(8)26(31-27)25-20(6)18(4)17(3)19(5)21(25)7/h10-11,14,28H,12-13H2,1-9H3,(H,29,30,31). The number of aryl methyl sites for hydroxylation is 3. The molecule has 0 saturated carbocycles. The lowest BCUT2D eigenvalue weighted by atomic mass is 9.87.